The fourth-order valence-corrected chi connectivity index (χ4v) is 3.42. The van der Waals surface area contributed by atoms with Gasteiger partial charge in [-0.25, -0.2) is 4.98 Å². The van der Waals surface area contributed by atoms with Crippen molar-refractivity contribution in [3.05, 3.63) is 52.0 Å². The monoisotopic (exact) mass is 374 g/mol. The third-order valence-corrected chi connectivity index (χ3v) is 5.30. The van der Waals surface area contributed by atoms with Crippen LogP contribution in [0, 0.1) is 0 Å². The second-order valence-electron chi connectivity index (χ2n) is 6.42. The lowest BCUT2D eigenvalue weighted by Gasteiger charge is -2.22. The summed E-state index contributed by atoms with van der Waals surface area (Å²) in [6, 6.07) is 10.5. The Morgan fingerprint density at radius 3 is 2.69 bits per heavy atom. The quantitative estimate of drug-likeness (QED) is 0.559. The molecule has 2 rings (SSSR count). The number of rotatable bonds is 8. The molecular formula is C20H30N4OS. The van der Waals surface area contributed by atoms with Crippen LogP contribution in [0.3, 0.4) is 0 Å². The second-order valence-corrected chi connectivity index (χ2v) is 7.31. The first-order valence-corrected chi connectivity index (χ1v) is 9.94. The molecule has 0 amide bonds. The number of hydrogen-bond donors (Lipinski definition) is 1. The average Bonchev–Trinajstić information content (AvgIpc) is 3.13. The lowest BCUT2D eigenvalue weighted by atomic mass is 10.0. The molecule has 0 aliphatic heterocycles. The molecule has 1 aromatic heterocycles. The molecule has 0 saturated carbocycles. The largest absolute Gasteiger partial charge is 0.375 e. The van der Waals surface area contributed by atoms with Gasteiger partial charge in [-0.2, -0.15) is 0 Å². The van der Waals surface area contributed by atoms with Gasteiger partial charge in [0.15, 0.2) is 5.96 Å². The number of nitrogens with zero attached hydrogens (tertiary/aromatic N) is 3. The lowest BCUT2D eigenvalue weighted by Crippen LogP contribution is -2.38. The Morgan fingerprint density at radius 1 is 1.31 bits per heavy atom. The third kappa shape index (κ3) is 5.81. The minimum absolute atomic E-state index is 0.0349. The highest BCUT2D eigenvalue weighted by atomic mass is 32.1. The Hall–Kier alpha value is -1.92. The summed E-state index contributed by atoms with van der Waals surface area (Å²) in [5.74, 6) is 1.29. The molecule has 2 aromatic rings. The zero-order valence-corrected chi connectivity index (χ0v) is 17.2. The molecule has 0 fully saturated rings. The van der Waals surface area contributed by atoms with Crippen LogP contribution in [0.25, 0.3) is 0 Å². The van der Waals surface area contributed by atoms with Crippen molar-refractivity contribution in [1.82, 2.24) is 15.2 Å². The normalized spacial score (nSPS) is 14.1. The summed E-state index contributed by atoms with van der Waals surface area (Å²) in [6.07, 6.45) is 0.0349. The smallest absolute Gasteiger partial charge is 0.194 e. The van der Waals surface area contributed by atoms with Crippen LogP contribution in [0.2, 0.25) is 0 Å². The van der Waals surface area contributed by atoms with Crippen molar-refractivity contribution in [2.45, 2.75) is 39.3 Å². The maximum Gasteiger partial charge on any atom is 0.194 e. The molecule has 26 heavy (non-hydrogen) atoms. The molecule has 5 nitrogen and oxygen atoms in total. The maximum absolute atomic E-state index is 5.35. The van der Waals surface area contributed by atoms with E-state index in [9.17, 15) is 0 Å². The van der Waals surface area contributed by atoms with Crippen LogP contribution in [0.15, 0.2) is 40.7 Å². The number of guanidine groups is 1. The van der Waals surface area contributed by atoms with E-state index in [0.717, 1.165) is 36.3 Å². The summed E-state index contributed by atoms with van der Waals surface area (Å²) in [4.78, 5) is 11.6. The molecule has 1 aromatic carbocycles. The van der Waals surface area contributed by atoms with E-state index in [2.05, 4.69) is 58.7 Å². The highest BCUT2D eigenvalue weighted by Gasteiger charge is 2.13. The van der Waals surface area contributed by atoms with Crippen molar-refractivity contribution in [3.63, 3.8) is 0 Å². The molecule has 0 aliphatic carbocycles. The molecule has 2 unspecified atom stereocenters. The molecule has 142 valence electrons. The van der Waals surface area contributed by atoms with Gasteiger partial charge in [-0.05, 0) is 19.4 Å². The SMILES string of the molecule is CCNC(=NCC(C)c1ccccc1)N(C)Cc1csc(C(C)OC)n1. The minimum atomic E-state index is 0.0349. The number of aliphatic imine (C=N–C) groups is 1. The fourth-order valence-electron chi connectivity index (χ4n) is 2.58. The van der Waals surface area contributed by atoms with Crippen LogP contribution in [0.1, 0.15) is 49.1 Å². The highest BCUT2D eigenvalue weighted by molar-refractivity contribution is 7.09. The first-order valence-electron chi connectivity index (χ1n) is 9.06. The van der Waals surface area contributed by atoms with Gasteiger partial charge in [0.05, 0.1) is 12.2 Å². The van der Waals surface area contributed by atoms with Crippen LogP contribution < -0.4 is 5.32 Å². The number of aromatic nitrogens is 1. The Bertz CT molecular complexity index is 686. The number of nitrogens with one attached hydrogen (secondary N) is 1. The number of methoxy groups -OCH3 is 1. The standard InChI is InChI=1S/C20H30N4OS/c1-6-21-20(22-12-15(2)17-10-8-7-9-11-17)24(4)13-18-14-26-19(23-18)16(3)25-5/h7-11,14-16H,6,12-13H2,1-5H3,(H,21,22). The summed E-state index contributed by atoms with van der Waals surface area (Å²) in [7, 11) is 3.76. The van der Waals surface area contributed by atoms with E-state index in [-0.39, 0.29) is 6.10 Å². The van der Waals surface area contributed by atoms with Gasteiger partial charge in [-0.1, -0.05) is 37.3 Å². The Balaban J connectivity index is 2.01. The molecule has 1 N–H and O–H groups in total. The maximum atomic E-state index is 5.35. The molecule has 0 saturated heterocycles. The van der Waals surface area contributed by atoms with Gasteiger partial charge in [0.2, 0.25) is 0 Å². The number of thiazole rings is 1. The van der Waals surface area contributed by atoms with Crippen molar-refractivity contribution in [3.8, 4) is 0 Å². The predicted molar refractivity (Wildman–Crippen MR) is 110 cm³/mol. The fraction of sp³-hybridized carbons (Fsp3) is 0.500. The van der Waals surface area contributed by atoms with Crippen LogP contribution in [0.4, 0.5) is 0 Å². The molecule has 2 atom stereocenters. The van der Waals surface area contributed by atoms with E-state index >= 15 is 0 Å². The Kier molecular flexibility index (Phi) is 8.06. The molecule has 1 heterocycles. The summed E-state index contributed by atoms with van der Waals surface area (Å²) >= 11 is 1.64. The van der Waals surface area contributed by atoms with Crippen molar-refractivity contribution >= 4 is 17.3 Å². The number of benzene rings is 1. The van der Waals surface area contributed by atoms with E-state index in [0.29, 0.717) is 5.92 Å². The van der Waals surface area contributed by atoms with Crippen molar-refractivity contribution in [2.24, 2.45) is 4.99 Å². The van der Waals surface area contributed by atoms with Crippen LogP contribution in [0.5, 0.6) is 0 Å². The summed E-state index contributed by atoms with van der Waals surface area (Å²) in [6.45, 7) is 8.62. The van der Waals surface area contributed by atoms with Gasteiger partial charge in [0.1, 0.15) is 11.1 Å². The summed E-state index contributed by atoms with van der Waals surface area (Å²) in [5.41, 5.74) is 2.35. The van der Waals surface area contributed by atoms with Gasteiger partial charge in [-0.3, -0.25) is 4.99 Å². The zero-order chi connectivity index (χ0) is 18.9. The lowest BCUT2D eigenvalue weighted by molar-refractivity contribution is 0.119. The molecular weight excluding hydrogens is 344 g/mol. The van der Waals surface area contributed by atoms with E-state index in [1.807, 2.05) is 20.0 Å². The molecule has 0 spiro atoms. The van der Waals surface area contributed by atoms with Crippen molar-refractivity contribution < 1.29 is 4.74 Å². The van der Waals surface area contributed by atoms with Gasteiger partial charge in [0, 0.05) is 38.5 Å². The molecule has 0 radical (unpaired) electrons. The number of hydrogen-bond acceptors (Lipinski definition) is 4. The Labute approximate surface area is 161 Å². The molecule has 0 aliphatic rings. The van der Waals surface area contributed by atoms with E-state index < -0.39 is 0 Å². The van der Waals surface area contributed by atoms with Gasteiger partial charge >= 0.3 is 0 Å². The third-order valence-electron chi connectivity index (χ3n) is 4.25. The first-order chi connectivity index (χ1) is 12.5. The van der Waals surface area contributed by atoms with Crippen LogP contribution in [-0.4, -0.2) is 43.1 Å². The minimum Gasteiger partial charge on any atom is -0.375 e. The molecule has 6 heteroatoms. The highest BCUT2D eigenvalue weighted by Crippen LogP contribution is 2.21. The van der Waals surface area contributed by atoms with Crippen LogP contribution >= 0.6 is 11.3 Å². The number of ether oxygens (including phenoxy) is 1. The van der Waals surface area contributed by atoms with Gasteiger partial charge in [0.25, 0.3) is 0 Å². The summed E-state index contributed by atoms with van der Waals surface area (Å²) < 4.78 is 5.35. The van der Waals surface area contributed by atoms with Crippen LogP contribution in [-0.2, 0) is 11.3 Å². The average molecular weight is 375 g/mol. The molecule has 0 bridgehead atoms. The van der Waals surface area contributed by atoms with E-state index in [4.69, 9.17) is 9.73 Å². The first kappa shape index (κ1) is 20.4. The van der Waals surface area contributed by atoms with Gasteiger partial charge < -0.3 is 15.0 Å². The topological polar surface area (TPSA) is 49.8 Å². The van der Waals surface area contributed by atoms with E-state index in [1.54, 1.807) is 18.4 Å². The van der Waals surface area contributed by atoms with E-state index in [1.165, 1.54) is 5.56 Å². The van der Waals surface area contributed by atoms with Crippen molar-refractivity contribution in [2.75, 3.05) is 27.2 Å². The zero-order valence-electron chi connectivity index (χ0n) is 16.4. The Morgan fingerprint density at radius 2 is 2.04 bits per heavy atom. The van der Waals surface area contributed by atoms with Crippen molar-refractivity contribution in [1.29, 1.82) is 0 Å². The predicted octanol–water partition coefficient (Wildman–Crippen LogP) is 4.05. The second kappa shape index (κ2) is 10.3. The van der Waals surface area contributed by atoms with Gasteiger partial charge in [-0.15, -0.1) is 11.3 Å². The summed E-state index contributed by atoms with van der Waals surface area (Å²) in [5, 5.41) is 6.48.